The van der Waals surface area contributed by atoms with Crippen LogP contribution in [0.3, 0.4) is 0 Å². The van der Waals surface area contributed by atoms with Crippen molar-refractivity contribution in [3.8, 4) is 11.5 Å². The summed E-state index contributed by atoms with van der Waals surface area (Å²) in [6.07, 6.45) is 3.17. The molecule has 1 aliphatic heterocycles. The number of benzene rings is 1. The fourth-order valence-electron chi connectivity index (χ4n) is 2.29. The molecule has 1 fully saturated rings. The molecule has 2 rings (SSSR count). The number of rotatable bonds is 6. The third-order valence-electron chi connectivity index (χ3n) is 3.58. The van der Waals surface area contributed by atoms with Crippen LogP contribution in [-0.4, -0.2) is 54.0 Å². The summed E-state index contributed by atoms with van der Waals surface area (Å²) in [5, 5.41) is 0.176. The van der Waals surface area contributed by atoms with Crippen molar-refractivity contribution in [3.63, 3.8) is 0 Å². The Labute approximate surface area is 152 Å². The first-order chi connectivity index (χ1) is 11.9. The number of carbonyl (C=O) groups excluding carboxylic acids is 2. The molecule has 0 radical (unpaired) electrons. The summed E-state index contributed by atoms with van der Waals surface area (Å²) in [5.74, 6) is 0.239. The highest BCUT2D eigenvalue weighted by atomic mass is 32.1. The van der Waals surface area contributed by atoms with Gasteiger partial charge in [-0.1, -0.05) is 18.7 Å². The number of hydrogen-bond donors (Lipinski definition) is 0. The first-order valence-corrected chi connectivity index (χ1v) is 8.13. The van der Waals surface area contributed by atoms with Crippen LogP contribution in [-0.2, 0) is 9.59 Å². The Morgan fingerprint density at radius 2 is 1.76 bits per heavy atom. The van der Waals surface area contributed by atoms with E-state index in [0.717, 1.165) is 0 Å². The fourth-order valence-corrected chi connectivity index (χ4v) is 2.46. The van der Waals surface area contributed by atoms with E-state index in [1.165, 1.54) is 15.9 Å². The first kappa shape index (κ1) is 18.7. The second-order valence-electron chi connectivity index (χ2n) is 5.31. The molecule has 7 heteroatoms. The summed E-state index contributed by atoms with van der Waals surface area (Å²) in [7, 11) is 3.08. The van der Waals surface area contributed by atoms with Crippen molar-refractivity contribution in [2.75, 3.05) is 27.3 Å². The predicted octanol–water partition coefficient (Wildman–Crippen LogP) is 2.25. The van der Waals surface area contributed by atoms with Crippen LogP contribution in [0.25, 0.3) is 6.08 Å². The second kappa shape index (κ2) is 7.94. The van der Waals surface area contributed by atoms with Crippen molar-refractivity contribution in [1.82, 2.24) is 9.80 Å². The zero-order chi connectivity index (χ0) is 18.6. The lowest BCUT2D eigenvalue weighted by atomic mass is 10.1. The Balaban J connectivity index is 2.40. The minimum atomic E-state index is -0.432. The Hall–Kier alpha value is -2.67. The van der Waals surface area contributed by atoms with Gasteiger partial charge in [0, 0.05) is 14.1 Å². The van der Waals surface area contributed by atoms with Crippen molar-refractivity contribution < 1.29 is 19.1 Å². The number of hydrogen-bond acceptors (Lipinski definition) is 5. The summed E-state index contributed by atoms with van der Waals surface area (Å²) in [6, 6.07) is 5.21. The molecule has 0 aromatic heterocycles. The molecule has 2 amide bonds. The number of nitrogens with zero attached hydrogens (tertiary/aromatic N) is 2. The molecule has 0 aliphatic carbocycles. The summed E-state index contributed by atoms with van der Waals surface area (Å²) >= 11 is 5.07. The molecular weight excluding hydrogens is 340 g/mol. The summed E-state index contributed by atoms with van der Waals surface area (Å²) in [6.45, 7) is 6.29. The van der Waals surface area contributed by atoms with Crippen LogP contribution in [0.4, 0.5) is 0 Å². The first-order valence-electron chi connectivity index (χ1n) is 7.73. The standard InChI is InChI=1S/C18H20N2O4S/c1-5-9-24-14-8-7-12(11-15(14)23-6-2)10-13-16(21)19(3)18(25)20(4)17(13)22/h5,7-8,10-11H,1,6,9H2,2-4H3. The van der Waals surface area contributed by atoms with Gasteiger partial charge >= 0.3 is 0 Å². The van der Waals surface area contributed by atoms with Crippen LogP contribution in [0.5, 0.6) is 11.5 Å². The highest BCUT2D eigenvalue weighted by Crippen LogP contribution is 2.30. The van der Waals surface area contributed by atoms with Crippen molar-refractivity contribution >= 4 is 35.2 Å². The van der Waals surface area contributed by atoms with Gasteiger partial charge in [0.15, 0.2) is 16.6 Å². The Morgan fingerprint density at radius 3 is 2.32 bits per heavy atom. The molecule has 1 saturated heterocycles. The van der Waals surface area contributed by atoms with E-state index in [0.29, 0.717) is 30.3 Å². The van der Waals surface area contributed by atoms with Gasteiger partial charge in [0.1, 0.15) is 12.2 Å². The summed E-state index contributed by atoms with van der Waals surface area (Å²) < 4.78 is 11.1. The van der Waals surface area contributed by atoms with Gasteiger partial charge in [0.25, 0.3) is 11.8 Å². The maximum absolute atomic E-state index is 12.4. The minimum Gasteiger partial charge on any atom is -0.490 e. The van der Waals surface area contributed by atoms with Gasteiger partial charge in [0.05, 0.1) is 6.61 Å². The Morgan fingerprint density at radius 1 is 1.12 bits per heavy atom. The number of amides is 2. The minimum absolute atomic E-state index is 0.0424. The third-order valence-corrected chi connectivity index (χ3v) is 4.13. The van der Waals surface area contributed by atoms with Crippen molar-refractivity contribution in [1.29, 1.82) is 0 Å². The van der Waals surface area contributed by atoms with E-state index in [9.17, 15) is 9.59 Å². The van der Waals surface area contributed by atoms with Gasteiger partial charge in [-0.05, 0) is 42.9 Å². The molecule has 1 heterocycles. The molecule has 0 unspecified atom stereocenters. The van der Waals surface area contributed by atoms with Crippen LogP contribution >= 0.6 is 12.2 Å². The monoisotopic (exact) mass is 360 g/mol. The lowest BCUT2D eigenvalue weighted by molar-refractivity contribution is -0.132. The van der Waals surface area contributed by atoms with E-state index in [1.807, 2.05) is 6.92 Å². The zero-order valence-electron chi connectivity index (χ0n) is 14.4. The highest BCUT2D eigenvalue weighted by Gasteiger charge is 2.35. The molecule has 0 bridgehead atoms. The van der Waals surface area contributed by atoms with Gasteiger partial charge in [-0.25, -0.2) is 0 Å². The molecule has 0 saturated carbocycles. The van der Waals surface area contributed by atoms with E-state index in [-0.39, 0.29) is 10.7 Å². The van der Waals surface area contributed by atoms with Gasteiger partial charge in [-0.2, -0.15) is 0 Å². The Kier molecular flexibility index (Phi) is 5.93. The van der Waals surface area contributed by atoms with Gasteiger partial charge in [-0.3, -0.25) is 19.4 Å². The third kappa shape index (κ3) is 3.88. The average Bonchev–Trinajstić information content (AvgIpc) is 2.61. The van der Waals surface area contributed by atoms with Crippen LogP contribution in [0.15, 0.2) is 36.4 Å². The smallest absolute Gasteiger partial charge is 0.265 e. The van der Waals surface area contributed by atoms with Crippen LogP contribution < -0.4 is 9.47 Å². The van der Waals surface area contributed by atoms with Crippen LogP contribution in [0.2, 0.25) is 0 Å². The summed E-state index contributed by atoms with van der Waals surface area (Å²) in [4.78, 5) is 27.3. The van der Waals surface area contributed by atoms with Gasteiger partial charge in [0.2, 0.25) is 0 Å². The van der Waals surface area contributed by atoms with Crippen molar-refractivity contribution in [2.24, 2.45) is 0 Å². The molecule has 0 N–H and O–H groups in total. The molecule has 0 atom stereocenters. The predicted molar refractivity (Wildman–Crippen MR) is 99.4 cm³/mol. The topological polar surface area (TPSA) is 59.1 Å². The quantitative estimate of drug-likeness (QED) is 0.337. The molecule has 1 aliphatic rings. The molecule has 1 aromatic carbocycles. The largest absolute Gasteiger partial charge is 0.490 e. The lowest BCUT2D eigenvalue weighted by Crippen LogP contribution is -2.52. The molecule has 0 spiro atoms. The fraction of sp³-hybridized carbons (Fsp3) is 0.278. The van der Waals surface area contributed by atoms with E-state index in [2.05, 4.69) is 6.58 Å². The molecular formula is C18H20N2O4S. The average molecular weight is 360 g/mol. The molecule has 132 valence electrons. The highest BCUT2D eigenvalue weighted by molar-refractivity contribution is 7.80. The number of thiocarbonyl (C=S) groups is 1. The number of likely N-dealkylation sites (N-methyl/N-ethyl adjacent to an activating group) is 2. The zero-order valence-corrected chi connectivity index (χ0v) is 15.3. The number of ether oxygens (including phenoxy) is 2. The van der Waals surface area contributed by atoms with E-state index in [1.54, 1.807) is 38.4 Å². The van der Waals surface area contributed by atoms with E-state index < -0.39 is 11.8 Å². The molecule has 25 heavy (non-hydrogen) atoms. The van der Waals surface area contributed by atoms with Crippen molar-refractivity contribution in [3.05, 3.63) is 42.0 Å². The van der Waals surface area contributed by atoms with Gasteiger partial charge in [-0.15, -0.1) is 0 Å². The molecule has 6 nitrogen and oxygen atoms in total. The maximum Gasteiger partial charge on any atom is 0.265 e. The molecule has 1 aromatic rings. The van der Waals surface area contributed by atoms with Crippen molar-refractivity contribution in [2.45, 2.75) is 6.92 Å². The second-order valence-corrected chi connectivity index (χ2v) is 5.67. The Bertz CT molecular complexity index is 731. The number of carbonyl (C=O) groups is 2. The maximum atomic E-state index is 12.4. The lowest BCUT2D eigenvalue weighted by Gasteiger charge is -2.31. The van der Waals surface area contributed by atoms with E-state index >= 15 is 0 Å². The van der Waals surface area contributed by atoms with Crippen LogP contribution in [0, 0.1) is 0 Å². The van der Waals surface area contributed by atoms with Crippen LogP contribution in [0.1, 0.15) is 12.5 Å². The summed E-state index contributed by atoms with van der Waals surface area (Å²) in [5.41, 5.74) is 0.696. The van der Waals surface area contributed by atoms with Gasteiger partial charge < -0.3 is 9.47 Å². The normalized spacial score (nSPS) is 14.7. The van der Waals surface area contributed by atoms with E-state index in [4.69, 9.17) is 21.7 Å². The SMILES string of the molecule is C=CCOc1ccc(C=C2C(=O)N(C)C(=S)N(C)C2=O)cc1OCC.